The van der Waals surface area contributed by atoms with Gasteiger partial charge in [-0.1, -0.05) is 40.2 Å². The molecular weight excluding hydrogens is 436 g/mol. The summed E-state index contributed by atoms with van der Waals surface area (Å²) in [6, 6.07) is 20.5. The van der Waals surface area contributed by atoms with E-state index in [1.165, 1.54) is 13.3 Å². The molecule has 7 heteroatoms. The van der Waals surface area contributed by atoms with Crippen LogP contribution in [0.15, 0.2) is 82.4 Å². The minimum Gasteiger partial charge on any atom is -0.497 e. The van der Waals surface area contributed by atoms with Gasteiger partial charge in [-0.2, -0.15) is 5.10 Å². The molecule has 0 heterocycles. The van der Waals surface area contributed by atoms with Gasteiger partial charge < -0.3 is 9.47 Å². The fraction of sp³-hybridized carbons (Fsp3) is 0.0455. The fourth-order valence-corrected chi connectivity index (χ4v) is 2.81. The van der Waals surface area contributed by atoms with E-state index in [1.807, 2.05) is 6.07 Å². The van der Waals surface area contributed by atoms with E-state index in [2.05, 4.69) is 26.5 Å². The molecule has 0 fully saturated rings. The summed E-state index contributed by atoms with van der Waals surface area (Å²) in [5, 5.41) is 3.98. The molecule has 0 bridgehead atoms. The van der Waals surface area contributed by atoms with E-state index in [9.17, 15) is 9.59 Å². The number of carbonyl (C=O) groups excluding carboxylic acids is 2. The van der Waals surface area contributed by atoms with Gasteiger partial charge >= 0.3 is 5.97 Å². The van der Waals surface area contributed by atoms with Crippen molar-refractivity contribution in [1.82, 2.24) is 5.43 Å². The summed E-state index contributed by atoms with van der Waals surface area (Å²) in [6.45, 7) is 0. The summed E-state index contributed by atoms with van der Waals surface area (Å²) >= 11 is 3.38. The lowest BCUT2D eigenvalue weighted by Crippen LogP contribution is -2.17. The number of methoxy groups -OCH3 is 1. The van der Waals surface area contributed by atoms with Crippen LogP contribution in [0.5, 0.6) is 11.5 Å². The van der Waals surface area contributed by atoms with Crippen molar-refractivity contribution in [3.63, 3.8) is 0 Å². The number of ether oxygens (including phenoxy) is 2. The summed E-state index contributed by atoms with van der Waals surface area (Å²) < 4.78 is 11.4. The second-order valence-corrected chi connectivity index (χ2v) is 6.78. The van der Waals surface area contributed by atoms with Crippen LogP contribution in [0.4, 0.5) is 0 Å². The minimum absolute atomic E-state index is 0.321. The highest BCUT2D eigenvalue weighted by Gasteiger charge is 2.11. The molecule has 1 N–H and O–H groups in total. The Hall–Kier alpha value is -3.45. The van der Waals surface area contributed by atoms with Crippen LogP contribution >= 0.6 is 15.9 Å². The van der Waals surface area contributed by atoms with Gasteiger partial charge in [0.15, 0.2) is 0 Å². The monoisotopic (exact) mass is 452 g/mol. The van der Waals surface area contributed by atoms with E-state index in [4.69, 9.17) is 9.47 Å². The molecule has 0 aromatic heterocycles. The summed E-state index contributed by atoms with van der Waals surface area (Å²) in [5.41, 5.74) is 3.82. The molecule has 0 radical (unpaired) electrons. The van der Waals surface area contributed by atoms with Crippen LogP contribution < -0.4 is 14.9 Å². The van der Waals surface area contributed by atoms with Crippen LogP contribution in [-0.2, 0) is 0 Å². The zero-order chi connectivity index (χ0) is 20.6. The Bertz CT molecular complexity index is 1050. The lowest BCUT2D eigenvalue weighted by atomic mass is 10.2. The van der Waals surface area contributed by atoms with Crippen molar-refractivity contribution in [3.8, 4) is 11.5 Å². The normalized spacial score (nSPS) is 10.6. The standard InChI is InChI=1S/C22H17BrN2O4/c1-28-19-9-5-8-16(13-19)21(26)25-24-14-17-12-18(23)10-11-20(17)29-22(27)15-6-3-2-4-7-15/h2-14H,1H3,(H,25,26)/b24-14-. The number of amides is 1. The van der Waals surface area contributed by atoms with Gasteiger partial charge in [-0.15, -0.1) is 0 Å². The number of hydrogen-bond acceptors (Lipinski definition) is 5. The van der Waals surface area contributed by atoms with Crippen molar-refractivity contribution in [2.75, 3.05) is 7.11 Å². The van der Waals surface area contributed by atoms with Gasteiger partial charge in [0.25, 0.3) is 5.91 Å². The average Bonchev–Trinajstić information content (AvgIpc) is 2.76. The molecule has 1 amide bonds. The van der Waals surface area contributed by atoms with Crippen LogP contribution in [0, 0.1) is 0 Å². The number of esters is 1. The van der Waals surface area contributed by atoms with E-state index in [0.717, 1.165) is 4.47 Å². The van der Waals surface area contributed by atoms with Gasteiger partial charge in [0.2, 0.25) is 0 Å². The quantitative estimate of drug-likeness (QED) is 0.259. The number of halogens is 1. The smallest absolute Gasteiger partial charge is 0.343 e. The number of benzene rings is 3. The molecule has 0 aliphatic heterocycles. The lowest BCUT2D eigenvalue weighted by Gasteiger charge is -2.08. The minimum atomic E-state index is -0.483. The Morgan fingerprint density at radius 2 is 1.72 bits per heavy atom. The summed E-state index contributed by atoms with van der Waals surface area (Å²) in [4.78, 5) is 24.6. The SMILES string of the molecule is COc1cccc(C(=O)N/N=C\c2cc(Br)ccc2OC(=O)c2ccccc2)c1. The number of carbonyl (C=O) groups is 2. The third-order valence-corrected chi connectivity index (χ3v) is 4.38. The number of nitrogens with one attached hydrogen (secondary N) is 1. The van der Waals surface area contributed by atoms with Gasteiger partial charge in [-0.25, -0.2) is 10.2 Å². The van der Waals surface area contributed by atoms with Crippen molar-refractivity contribution in [1.29, 1.82) is 0 Å². The Balaban J connectivity index is 1.73. The average molecular weight is 453 g/mol. The van der Waals surface area contributed by atoms with E-state index in [-0.39, 0.29) is 0 Å². The highest BCUT2D eigenvalue weighted by Crippen LogP contribution is 2.23. The zero-order valence-corrected chi connectivity index (χ0v) is 17.0. The van der Waals surface area contributed by atoms with Gasteiger partial charge in [0.1, 0.15) is 11.5 Å². The molecule has 0 aliphatic carbocycles. The highest BCUT2D eigenvalue weighted by molar-refractivity contribution is 9.10. The van der Waals surface area contributed by atoms with Crippen molar-refractivity contribution in [2.24, 2.45) is 5.10 Å². The summed E-state index contributed by atoms with van der Waals surface area (Å²) in [5.74, 6) is 0.0196. The lowest BCUT2D eigenvalue weighted by molar-refractivity contribution is 0.0734. The molecule has 6 nitrogen and oxygen atoms in total. The maximum atomic E-state index is 12.3. The highest BCUT2D eigenvalue weighted by atomic mass is 79.9. The maximum absolute atomic E-state index is 12.3. The molecule has 0 aliphatic rings. The number of rotatable bonds is 6. The third-order valence-electron chi connectivity index (χ3n) is 3.89. The zero-order valence-electron chi connectivity index (χ0n) is 15.5. The molecule has 0 saturated heterocycles. The molecule has 0 spiro atoms. The topological polar surface area (TPSA) is 77.0 Å². The summed E-state index contributed by atoms with van der Waals surface area (Å²) in [6.07, 6.45) is 1.41. The van der Waals surface area contributed by atoms with Gasteiger partial charge in [-0.05, 0) is 48.5 Å². The van der Waals surface area contributed by atoms with Crippen LogP contribution in [0.1, 0.15) is 26.3 Å². The molecular formula is C22H17BrN2O4. The molecule has 3 aromatic carbocycles. The largest absolute Gasteiger partial charge is 0.497 e. The maximum Gasteiger partial charge on any atom is 0.343 e. The fourth-order valence-electron chi connectivity index (χ4n) is 2.44. The predicted octanol–water partition coefficient (Wildman–Crippen LogP) is 4.44. The van der Waals surface area contributed by atoms with Crippen molar-refractivity contribution in [3.05, 3.63) is 94.0 Å². The molecule has 0 unspecified atom stereocenters. The van der Waals surface area contributed by atoms with Crippen molar-refractivity contribution >= 4 is 34.0 Å². The third kappa shape index (κ3) is 5.52. The van der Waals surface area contributed by atoms with Crippen molar-refractivity contribution < 1.29 is 19.1 Å². The Labute approximate surface area is 176 Å². The van der Waals surface area contributed by atoms with E-state index >= 15 is 0 Å². The molecule has 0 saturated carbocycles. The molecule has 146 valence electrons. The van der Waals surface area contributed by atoms with E-state index in [0.29, 0.717) is 28.2 Å². The second-order valence-electron chi connectivity index (χ2n) is 5.87. The number of hydrogen-bond donors (Lipinski definition) is 1. The van der Waals surface area contributed by atoms with Crippen LogP contribution in [0.25, 0.3) is 0 Å². The van der Waals surface area contributed by atoms with Gasteiger partial charge in [0.05, 0.1) is 18.9 Å². The number of hydrazone groups is 1. The first-order valence-corrected chi connectivity index (χ1v) is 9.40. The van der Waals surface area contributed by atoms with Crippen LogP contribution in [0.3, 0.4) is 0 Å². The van der Waals surface area contributed by atoms with Gasteiger partial charge in [0, 0.05) is 15.6 Å². The van der Waals surface area contributed by atoms with Crippen molar-refractivity contribution in [2.45, 2.75) is 0 Å². The van der Waals surface area contributed by atoms with Gasteiger partial charge in [-0.3, -0.25) is 4.79 Å². The first kappa shape index (κ1) is 20.3. The molecule has 29 heavy (non-hydrogen) atoms. The second kappa shape index (κ2) is 9.66. The van der Waals surface area contributed by atoms with Crippen LogP contribution in [0.2, 0.25) is 0 Å². The Morgan fingerprint density at radius 3 is 2.48 bits per heavy atom. The molecule has 3 rings (SSSR count). The number of nitrogens with zero attached hydrogens (tertiary/aromatic N) is 1. The molecule has 3 aromatic rings. The predicted molar refractivity (Wildman–Crippen MR) is 114 cm³/mol. The Kier molecular flexibility index (Phi) is 6.76. The first-order chi connectivity index (χ1) is 14.1. The van der Waals surface area contributed by atoms with E-state index in [1.54, 1.807) is 66.7 Å². The molecule has 0 atom stereocenters. The Morgan fingerprint density at radius 1 is 0.966 bits per heavy atom. The van der Waals surface area contributed by atoms with Crippen LogP contribution in [-0.4, -0.2) is 25.2 Å². The first-order valence-electron chi connectivity index (χ1n) is 8.61. The van der Waals surface area contributed by atoms with E-state index < -0.39 is 11.9 Å². The summed E-state index contributed by atoms with van der Waals surface area (Å²) in [7, 11) is 1.53.